The molecule has 35 heavy (non-hydrogen) atoms. The van der Waals surface area contributed by atoms with Gasteiger partial charge >= 0.3 is 12.1 Å². The lowest BCUT2D eigenvalue weighted by Gasteiger charge is -2.43. The number of carboxylic acid groups (broad SMARTS) is 1. The summed E-state index contributed by atoms with van der Waals surface area (Å²) in [4.78, 5) is 37.9. The average Bonchev–Trinajstić information content (AvgIpc) is 3.08. The van der Waals surface area contributed by atoms with Crippen molar-refractivity contribution >= 4 is 18.0 Å². The van der Waals surface area contributed by atoms with E-state index >= 15 is 0 Å². The van der Waals surface area contributed by atoms with Crippen molar-refractivity contribution in [1.29, 1.82) is 0 Å². The van der Waals surface area contributed by atoms with E-state index in [1.165, 1.54) is 4.90 Å². The van der Waals surface area contributed by atoms with E-state index < -0.39 is 23.7 Å². The number of carbonyl (C=O) groups is 3. The van der Waals surface area contributed by atoms with Crippen LogP contribution in [0, 0.1) is 5.41 Å². The van der Waals surface area contributed by atoms with Gasteiger partial charge in [0.1, 0.15) is 6.61 Å². The fraction of sp³-hybridized carbons (Fsp3) is 0.444. The Morgan fingerprint density at radius 1 is 1.06 bits per heavy atom. The van der Waals surface area contributed by atoms with E-state index in [1.54, 1.807) is 0 Å². The number of amides is 2. The normalized spacial score (nSPS) is 17.1. The maximum absolute atomic E-state index is 12.8. The fourth-order valence-corrected chi connectivity index (χ4v) is 4.96. The van der Waals surface area contributed by atoms with E-state index in [1.807, 2.05) is 57.2 Å². The van der Waals surface area contributed by atoms with Crippen LogP contribution in [0.3, 0.4) is 0 Å². The van der Waals surface area contributed by atoms with Gasteiger partial charge in [0.2, 0.25) is 5.91 Å². The number of aliphatic carboxylic acids is 1. The van der Waals surface area contributed by atoms with Gasteiger partial charge in [0, 0.05) is 18.4 Å². The van der Waals surface area contributed by atoms with Crippen LogP contribution in [0.25, 0.3) is 11.1 Å². The second-order valence-electron chi connectivity index (χ2n) is 10.7. The molecule has 4 rings (SSSR count). The summed E-state index contributed by atoms with van der Waals surface area (Å²) in [5.74, 6) is -1.72. The van der Waals surface area contributed by atoms with Crippen LogP contribution in [0.15, 0.2) is 48.5 Å². The first-order valence-corrected chi connectivity index (χ1v) is 11.8. The quantitative estimate of drug-likeness (QED) is 0.560. The number of alkyl carbamates (subject to hydrolysis) is 1. The molecule has 1 aliphatic carbocycles. The Kier molecular flexibility index (Phi) is 6.60. The highest BCUT2D eigenvalue weighted by molar-refractivity contribution is 5.85. The molecule has 186 valence electrons. The van der Waals surface area contributed by atoms with Crippen molar-refractivity contribution in [1.82, 2.24) is 10.2 Å². The number of carboxylic acids is 1. The zero-order valence-corrected chi connectivity index (χ0v) is 20.3. The number of benzene rings is 2. The SMILES string of the molecule is CC(C)(C)CC(CC(=O)N1CC(O)(C(=O)O)C1)NC(=O)OCC1c2ccccc2-c2ccccc21. The number of aliphatic hydroxyl groups is 1. The number of likely N-dealkylation sites (tertiary alicyclic amines) is 1. The zero-order chi connectivity index (χ0) is 25.4. The van der Waals surface area contributed by atoms with Gasteiger partial charge in [-0.05, 0) is 34.1 Å². The molecule has 1 unspecified atom stereocenters. The molecule has 2 aromatic carbocycles. The first-order valence-electron chi connectivity index (χ1n) is 11.8. The first-order chi connectivity index (χ1) is 16.5. The second-order valence-corrected chi connectivity index (χ2v) is 10.7. The van der Waals surface area contributed by atoms with Gasteiger partial charge in [-0.1, -0.05) is 69.3 Å². The molecular weight excluding hydrogens is 448 g/mol. The van der Waals surface area contributed by atoms with Gasteiger partial charge in [0.25, 0.3) is 0 Å². The molecule has 2 amide bonds. The van der Waals surface area contributed by atoms with Gasteiger partial charge in [0.05, 0.1) is 13.1 Å². The molecular formula is C27H32N2O6. The third-order valence-corrected chi connectivity index (χ3v) is 6.60. The van der Waals surface area contributed by atoms with Gasteiger partial charge in [-0.3, -0.25) is 4.79 Å². The van der Waals surface area contributed by atoms with Gasteiger partial charge < -0.3 is 25.2 Å². The van der Waals surface area contributed by atoms with Crippen molar-refractivity contribution in [2.24, 2.45) is 5.41 Å². The molecule has 2 aliphatic rings. The van der Waals surface area contributed by atoms with Gasteiger partial charge in [-0.2, -0.15) is 0 Å². The van der Waals surface area contributed by atoms with Crippen molar-refractivity contribution < 1.29 is 29.3 Å². The summed E-state index contributed by atoms with van der Waals surface area (Å²) in [6.07, 6.45) is -0.0727. The Morgan fingerprint density at radius 2 is 1.60 bits per heavy atom. The Morgan fingerprint density at radius 3 is 2.11 bits per heavy atom. The lowest BCUT2D eigenvalue weighted by Crippen LogP contribution is -2.67. The van der Waals surface area contributed by atoms with Crippen LogP contribution < -0.4 is 5.32 Å². The number of carbonyl (C=O) groups excluding carboxylic acids is 2. The van der Waals surface area contributed by atoms with E-state index in [9.17, 15) is 19.5 Å². The number of β-amino-alcohol motifs (C(OH)–C–C–N with tert-alkyl or cyclic N) is 1. The summed E-state index contributed by atoms with van der Waals surface area (Å²) in [7, 11) is 0. The van der Waals surface area contributed by atoms with Crippen molar-refractivity contribution in [3.63, 3.8) is 0 Å². The molecule has 0 aromatic heterocycles. The largest absolute Gasteiger partial charge is 0.479 e. The van der Waals surface area contributed by atoms with Gasteiger partial charge in [-0.25, -0.2) is 9.59 Å². The van der Waals surface area contributed by atoms with Crippen molar-refractivity contribution in [2.45, 2.75) is 51.2 Å². The Hall–Kier alpha value is -3.39. The predicted molar refractivity (Wildman–Crippen MR) is 130 cm³/mol. The molecule has 3 N–H and O–H groups in total. The van der Waals surface area contributed by atoms with Crippen molar-refractivity contribution in [3.8, 4) is 11.1 Å². The lowest BCUT2D eigenvalue weighted by atomic mass is 9.86. The summed E-state index contributed by atoms with van der Waals surface area (Å²) < 4.78 is 5.64. The molecule has 1 fully saturated rings. The van der Waals surface area contributed by atoms with Crippen molar-refractivity contribution in [2.75, 3.05) is 19.7 Å². The zero-order valence-electron chi connectivity index (χ0n) is 20.3. The minimum Gasteiger partial charge on any atom is -0.479 e. The highest BCUT2D eigenvalue weighted by atomic mass is 16.5. The molecule has 2 aromatic rings. The topological polar surface area (TPSA) is 116 Å². The Labute approximate surface area is 204 Å². The van der Waals surface area contributed by atoms with E-state index in [4.69, 9.17) is 9.84 Å². The molecule has 8 nitrogen and oxygen atoms in total. The van der Waals surface area contributed by atoms with Crippen LogP contribution >= 0.6 is 0 Å². The maximum Gasteiger partial charge on any atom is 0.407 e. The third kappa shape index (κ3) is 5.32. The number of nitrogens with one attached hydrogen (secondary N) is 1. The smallest absolute Gasteiger partial charge is 0.407 e. The van der Waals surface area contributed by atoms with Crippen LogP contribution in [-0.4, -0.2) is 64.4 Å². The summed E-state index contributed by atoms with van der Waals surface area (Å²) in [5, 5.41) is 21.8. The standard InChI is InChI=1S/C27H32N2O6/c1-26(2,3)13-17(12-23(30)29-15-27(34,16-29)24(31)32)28-25(33)35-14-22-20-10-6-4-8-18(20)19-9-5-7-11-21(19)22/h4-11,17,22,34H,12-16H2,1-3H3,(H,28,33)(H,31,32). The molecule has 1 heterocycles. The second kappa shape index (κ2) is 9.34. The molecule has 0 radical (unpaired) electrons. The summed E-state index contributed by atoms with van der Waals surface area (Å²) in [5.41, 5.74) is 2.46. The number of rotatable bonds is 7. The molecule has 1 atom stereocenters. The van der Waals surface area contributed by atoms with Crippen LogP contribution in [0.2, 0.25) is 0 Å². The molecule has 0 saturated carbocycles. The molecule has 0 bridgehead atoms. The average molecular weight is 481 g/mol. The van der Waals surface area contributed by atoms with Crippen molar-refractivity contribution in [3.05, 3.63) is 59.7 Å². The van der Waals surface area contributed by atoms with Crippen LogP contribution in [0.1, 0.15) is 50.7 Å². The van der Waals surface area contributed by atoms with E-state index in [0.717, 1.165) is 22.3 Å². The number of ether oxygens (including phenoxy) is 1. The van der Waals surface area contributed by atoms with E-state index in [-0.39, 0.29) is 43.4 Å². The number of hydrogen-bond acceptors (Lipinski definition) is 5. The van der Waals surface area contributed by atoms with Gasteiger partial charge in [-0.15, -0.1) is 0 Å². The summed E-state index contributed by atoms with van der Waals surface area (Å²) in [6, 6.07) is 15.7. The molecule has 1 saturated heterocycles. The van der Waals surface area contributed by atoms with Gasteiger partial charge in [0.15, 0.2) is 5.60 Å². The Balaban J connectivity index is 1.38. The number of fused-ring (bicyclic) bond motifs is 3. The highest BCUT2D eigenvalue weighted by Crippen LogP contribution is 2.44. The molecule has 8 heteroatoms. The van der Waals surface area contributed by atoms with Crippen LogP contribution in [0.4, 0.5) is 4.79 Å². The summed E-state index contributed by atoms with van der Waals surface area (Å²) in [6.45, 7) is 5.70. The molecule has 1 aliphatic heterocycles. The molecule has 0 spiro atoms. The predicted octanol–water partition coefficient (Wildman–Crippen LogP) is 3.38. The first kappa shape index (κ1) is 24.7. The Bertz CT molecular complexity index is 1090. The lowest BCUT2D eigenvalue weighted by molar-refractivity contribution is -0.182. The monoisotopic (exact) mass is 480 g/mol. The highest BCUT2D eigenvalue weighted by Gasteiger charge is 2.50. The third-order valence-electron chi connectivity index (χ3n) is 6.60. The van der Waals surface area contributed by atoms with E-state index in [0.29, 0.717) is 6.42 Å². The maximum atomic E-state index is 12.8. The number of nitrogens with zero attached hydrogens (tertiary/aromatic N) is 1. The minimum atomic E-state index is -1.89. The minimum absolute atomic E-state index is 0.00281. The fourth-order valence-electron chi connectivity index (χ4n) is 4.96. The number of hydrogen-bond donors (Lipinski definition) is 3. The van der Waals surface area contributed by atoms with Crippen LogP contribution in [-0.2, 0) is 14.3 Å². The van der Waals surface area contributed by atoms with Crippen LogP contribution in [0.5, 0.6) is 0 Å². The van der Waals surface area contributed by atoms with E-state index in [2.05, 4.69) is 17.4 Å². The summed E-state index contributed by atoms with van der Waals surface area (Å²) >= 11 is 0.